The van der Waals surface area contributed by atoms with E-state index in [4.69, 9.17) is 14.8 Å². The fourth-order valence-corrected chi connectivity index (χ4v) is 2.78. The summed E-state index contributed by atoms with van der Waals surface area (Å²) < 4.78 is 6.19. The zero-order valence-electron chi connectivity index (χ0n) is 14.5. The molecule has 3 aromatic rings. The molecule has 128 valence electrons. The first kappa shape index (κ1) is 17.2. The third kappa shape index (κ3) is 4.25. The third-order valence-corrected chi connectivity index (χ3v) is 4.15. The summed E-state index contributed by atoms with van der Waals surface area (Å²) >= 11 is 0. The molecule has 0 atom stereocenters. The second-order valence-corrected chi connectivity index (χ2v) is 6.01. The van der Waals surface area contributed by atoms with Crippen molar-refractivity contribution >= 4 is 17.0 Å². The van der Waals surface area contributed by atoms with E-state index in [1.54, 1.807) is 0 Å². The fraction of sp³-hybridized carbons (Fsp3) is 0.227. The lowest BCUT2D eigenvalue weighted by atomic mass is 10.1. The molecule has 3 nitrogen and oxygen atoms in total. The van der Waals surface area contributed by atoms with Crippen LogP contribution >= 0.6 is 0 Å². The monoisotopic (exact) mass is 333 g/mol. The van der Waals surface area contributed by atoms with Gasteiger partial charge in [0.25, 0.3) is 0 Å². The van der Waals surface area contributed by atoms with Crippen molar-refractivity contribution in [3.05, 3.63) is 77.5 Å². The lowest BCUT2D eigenvalue weighted by molar-refractivity contribution is 0.290. The Morgan fingerprint density at radius 3 is 2.60 bits per heavy atom. The number of aliphatic hydroxyl groups excluding tert-OH is 1. The molecule has 0 unspecified atom stereocenters. The van der Waals surface area contributed by atoms with Crippen molar-refractivity contribution in [1.82, 2.24) is 4.98 Å². The number of allylic oxidation sites excluding steroid dienone is 1. The zero-order chi connectivity index (χ0) is 17.5. The van der Waals surface area contributed by atoms with E-state index >= 15 is 0 Å². The van der Waals surface area contributed by atoms with Crippen molar-refractivity contribution in [3.63, 3.8) is 0 Å². The minimum absolute atomic E-state index is 0.208. The first-order valence-electron chi connectivity index (χ1n) is 8.63. The highest BCUT2D eigenvalue weighted by Crippen LogP contribution is 2.31. The highest BCUT2D eigenvalue weighted by Gasteiger charge is 2.11. The van der Waals surface area contributed by atoms with E-state index in [2.05, 4.69) is 24.3 Å². The van der Waals surface area contributed by atoms with Crippen LogP contribution in [0.1, 0.15) is 29.7 Å². The number of fused-ring (bicyclic) bond motifs is 1. The number of aliphatic hydroxyl groups is 1. The van der Waals surface area contributed by atoms with E-state index < -0.39 is 0 Å². The number of para-hydroxylation sites is 1. The van der Waals surface area contributed by atoms with Crippen molar-refractivity contribution in [1.29, 1.82) is 0 Å². The topological polar surface area (TPSA) is 42.4 Å². The molecule has 0 radical (unpaired) electrons. The van der Waals surface area contributed by atoms with E-state index in [-0.39, 0.29) is 6.61 Å². The Morgan fingerprint density at radius 1 is 1.04 bits per heavy atom. The summed E-state index contributed by atoms with van der Waals surface area (Å²) in [7, 11) is 0. The van der Waals surface area contributed by atoms with Gasteiger partial charge in [-0.1, -0.05) is 48.5 Å². The number of unbranched alkanes of at least 4 members (excludes halogenated alkanes) is 1. The summed E-state index contributed by atoms with van der Waals surface area (Å²) in [5, 5.41) is 9.94. The summed E-state index contributed by atoms with van der Waals surface area (Å²) in [6, 6.07) is 18.2. The molecule has 3 rings (SSSR count). The maximum atomic E-state index is 8.91. The molecule has 0 saturated carbocycles. The van der Waals surface area contributed by atoms with Crippen LogP contribution in [0.5, 0.6) is 5.75 Å². The molecular formula is C22H23NO2. The minimum Gasteiger partial charge on any atom is -0.488 e. The molecule has 0 aliphatic carbocycles. The van der Waals surface area contributed by atoms with Crippen LogP contribution in [0, 0.1) is 6.92 Å². The molecular weight excluding hydrogens is 310 g/mol. The first-order valence-corrected chi connectivity index (χ1v) is 8.63. The summed E-state index contributed by atoms with van der Waals surface area (Å²) in [5.74, 6) is 0.885. The number of aromatic nitrogens is 1. The van der Waals surface area contributed by atoms with Gasteiger partial charge >= 0.3 is 0 Å². The number of benzene rings is 2. The van der Waals surface area contributed by atoms with Gasteiger partial charge in [0.2, 0.25) is 0 Å². The SMILES string of the molecule is Cc1c(/C=C/CCCO)nc2ccccc2c1OCc1ccccc1. The van der Waals surface area contributed by atoms with E-state index in [0.29, 0.717) is 6.61 Å². The van der Waals surface area contributed by atoms with Gasteiger partial charge in [-0.05, 0) is 43.5 Å². The van der Waals surface area contributed by atoms with Crippen LogP contribution in [-0.2, 0) is 6.61 Å². The summed E-state index contributed by atoms with van der Waals surface area (Å²) in [6.45, 7) is 2.79. The second kappa shape index (κ2) is 8.45. The highest BCUT2D eigenvalue weighted by atomic mass is 16.5. The smallest absolute Gasteiger partial charge is 0.134 e. The van der Waals surface area contributed by atoms with Crippen LogP contribution in [-0.4, -0.2) is 16.7 Å². The van der Waals surface area contributed by atoms with Gasteiger partial charge in [-0.2, -0.15) is 0 Å². The van der Waals surface area contributed by atoms with Crippen LogP contribution in [0.4, 0.5) is 0 Å². The van der Waals surface area contributed by atoms with Gasteiger partial charge in [-0.15, -0.1) is 0 Å². The van der Waals surface area contributed by atoms with Crippen LogP contribution in [0.3, 0.4) is 0 Å². The average molecular weight is 333 g/mol. The Balaban J connectivity index is 1.93. The van der Waals surface area contributed by atoms with Crippen LogP contribution in [0.25, 0.3) is 17.0 Å². The van der Waals surface area contributed by atoms with Crippen molar-refractivity contribution in [2.24, 2.45) is 0 Å². The molecule has 0 aliphatic heterocycles. The maximum absolute atomic E-state index is 8.91. The predicted octanol–water partition coefficient (Wildman–Crippen LogP) is 4.91. The molecule has 0 spiro atoms. The van der Waals surface area contributed by atoms with Gasteiger partial charge in [0.15, 0.2) is 0 Å². The minimum atomic E-state index is 0.208. The number of ether oxygens (including phenoxy) is 1. The average Bonchev–Trinajstić information content (AvgIpc) is 2.66. The molecule has 0 aliphatic rings. The van der Waals surface area contributed by atoms with Gasteiger partial charge in [0.05, 0.1) is 11.2 Å². The summed E-state index contributed by atoms with van der Waals surface area (Å²) in [4.78, 5) is 4.76. The zero-order valence-corrected chi connectivity index (χ0v) is 14.5. The molecule has 0 saturated heterocycles. The molecule has 1 aromatic heterocycles. The number of pyridine rings is 1. The lowest BCUT2D eigenvalue weighted by Gasteiger charge is -2.14. The number of hydrogen-bond acceptors (Lipinski definition) is 3. The number of hydrogen-bond donors (Lipinski definition) is 1. The van der Waals surface area contributed by atoms with Gasteiger partial charge < -0.3 is 9.84 Å². The van der Waals surface area contributed by atoms with Crippen LogP contribution in [0.15, 0.2) is 60.7 Å². The molecule has 2 aromatic carbocycles. The fourth-order valence-electron chi connectivity index (χ4n) is 2.78. The molecule has 0 amide bonds. The molecule has 1 N–H and O–H groups in total. The first-order chi connectivity index (χ1) is 12.3. The number of nitrogens with zero attached hydrogens (tertiary/aromatic N) is 1. The quantitative estimate of drug-likeness (QED) is 0.625. The lowest BCUT2D eigenvalue weighted by Crippen LogP contribution is -2.00. The van der Waals surface area contributed by atoms with Gasteiger partial charge in [-0.3, -0.25) is 0 Å². The summed E-state index contributed by atoms with van der Waals surface area (Å²) in [5.41, 5.74) is 4.02. The van der Waals surface area contributed by atoms with E-state index in [1.165, 1.54) is 0 Å². The van der Waals surface area contributed by atoms with Gasteiger partial charge in [0.1, 0.15) is 12.4 Å². The molecule has 3 heteroatoms. The standard InChI is InChI=1S/C22H23NO2/c1-17-20(13-6-3-9-15-24)23-21-14-8-7-12-19(21)22(17)25-16-18-10-4-2-5-11-18/h2,4-8,10-14,24H,3,9,15-16H2,1H3/b13-6+. The Labute approximate surface area is 148 Å². The maximum Gasteiger partial charge on any atom is 0.134 e. The highest BCUT2D eigenvalue weighted by molar-refractivity contribution is 5.88. The van der Waals surface area contributed by atoms with E-state index in [0.717, 1.165) is 46.3 Å². The molecule has 0 bridgehead atoms. The van der Waals surface area contributed by atoms with Crippen molar-refractivity contribution in [2.75, 3.05) is 6.61 Å². The largest absolute Gasteiger partial charge is 0.488 e. The Kier molecular flexibility index (Phi) is 5.81. The van der Waals surface area contributed by atoms with E-state index in [9.17, 15) is 0 Å². The molecule has 0 fully saturated rings. The molecule has 1 heterocycles. The van der Waals surface area contributed by atoms with Crippen LogP contribution in [0.2, 0.25) is 0 Å². The number of rotatable bonds is 7. The van der Waals surface area contributed by atoms with Crippen molar-refractivity contribution in [2.45, 2.75) is 26.4 Å². The Bertz CT molecular complexity index is 857. The predicted molar refractivity (Wildman–Crippen MR) is 103 cm³/mol. The van der Waals surface area contributed by atoms with Crippen LogP contribution < -0.4 is 4.74 Å². The Morgan fingerprint density at radius 2 is 1.80 bits per heavy atom. The molecule has 25 heavy (non-hydrogen) atoms. The second-order valence-electron chi connectivity index (χ2n) is 6.01. The van der Waals surface area contributed by atoms with Crippen molar-refractivity contribution in [3.8, 4) is 5.75 Å². The third-order valence-electron chi connectivity index (χ3n) is 4.15. The normalized spacial score (nSPS) is 11.3. The van der Waals surface area contributed by atoms with Crippen molar-refractivity contribution < 1.29 is 9.84 Å². The van der Waals surface area contributed by atoms with E-state index in [1.807, 2.05) is 49.4 Å². The van der Waals surface area contributed by atoms with Gasteiger partial charge in [0, 0.05) is 17.6 Å². The Hall–Kier alpha value is -2.65. The van der Waals surface area contributed by atoms with Gasteiger partial charge in [-0.25, -0.2) is 4.98 Å². The summed E-state index contributed by atoms with van der Waals surface area (Å²) in [6.07, 6.45) is 5.68.